The number of rotatable bonds is 3. The summed E-state index contributed by atoms with van der Waals surface area (Å²) < 4.78 is 0. The lowest BCUT2D eigenvalue weighted by Gasteiger charge is -2.34. The molecule has 0 aromatic carbocycles. The van der Waals surface area contributed by atoms with Gasteiger partial charge in [-0.2, -0.15) is 0 Å². The normalized spacial score (nSPS) is 19.8. The maximum atomic E-state index is 11.7. The van der Waals surface area contributed by atoms with E-state index < -0.39 is 5.97 Å². The second kappa shape index (κ2) is 6.16. The van der Waals surface area contributed by atoms with Gasteiger partial charge in [-0.1, -0.05) is 5.92 Å². The van der Waals surface area contributed by atoms with Crippen molar-refractivity contribution in [1.29, 1.82) is 0 Å². The molecule has 1 fully saturated rings. The monoisotopic (exact) mass is 223 g/mol. The van der Waals surface area contributed by atoms with Crippen molar-refractivity contribution in [3.63, 3.8) is 0 Å². The summed E-state index contributed by atoms with van der Waals surface area (Å²) in [4.78, 5) is 23.9. The van der Waals surface area contributed by atoms with Crippen LogP contribution in [0.3, 0.4) is 0 Å². The molecule has 1 aliphatic heterocycles. The number of hydrogen-bond donors (Lipinski definition) is 1. The summed E-state index contributed by atoms with van der Waals surface area (Å²) in [6.45, 7) is 2.34. The molecule has 4 nitrogen and oxygen atoms in total. The van der Waals surface area contributed by atoms with E-state index in [1.807, 2.05) is 0 Å². The van der Waals surface area contributed by atoms with E-state index in [0.717, 1.165) is 19.3 Å². The lowest BCUT2D eigenvalue weighted by atomic mass is 9.98. The minimum atomic E-state index is -0.806. The van der Waals surface area contributed by atoms with Crippen LogP contribution in [0.4, 0.5) is 0 Å². The molecule has 0 radical (unpaired) electrons. The Balaban J connectivity index is 2.58. The van der Waals surface area contributed by atoms with Crippen LogP contribution >= 0.6 is 0 Å². The fourth-order valence-electron chi connectivity index (χ4n) is 2.04. The molecule has 88 valence electrons. The van der Waals surface area contributed by atoms with Gasteiger partial charge < -0.3 is 10.0 Å². The van der Waals surface area contributed by atoms with Gasteiger partial charge >= 0.3 is 5.97 Å². The second-order valence-corrected chi connectivity index (χ2v) is 3.96. The highest BCUT2D eigenvalue weighted by Gasteiger charge is 2.25. The molecule has 1 saturated heterocycles. The van der Waals surface area contributed by atoms with Crippen LogP contribution in [0.15, 0.2) is 0 Å². The average molecular weight is 223 g/mol. The minimum absolute atomic E-state index is 0.0539. The van der Waals surface area contributed by atoms with Gasteiger partial charge in [-0.25, -0.2) is 0 Å². The molecule has 4 heteroatoms. The van der Waals surface area contributed by atoms with Crippen molar-refractivity contribution >= 4 is 11.9 Å². The molecule has 0 aliphatic carbocycles. The number of amides is 1. The highest BCUT2D eigenvalue weighted by atomic mass is 16.4. The van der Waals surface area contributed by atoms with Crippen molar-refractivity contribution in [1.82, 2.24) is 4.90 Å². The average Bonchev–Trinajstić information content (AvgIpc) is 2.27. The fourth-order valence-corrected chi connectivity index (χ4v) is 2.04. The number of piperidine rings is 1. The molecular weight excluding hydrogens is 206 g/mol. The van der Waals surface area contributed by atoms with Crippen LogP contribution in [0.1, 0.15) is 39.0 Å². The van der Waals surface area contributed by atoms with E-state index in [0.29, 0.717) is 13.0 Å². The Morgan fingerprint density at radius 2 is 2.19 bits per heavy atom. The summed E-state index contributed by atoms with van der Waals surface area (Å²) in [5, 5.41) is 8.64. The summed E-state index contributed by atoms with van der Waals surface area (Å²) in [5.74, 6) is 4.14. The fraction of sp³-hybridized carbons (Fsp3) is 0.667. The first-order valence-corrected chi connectivity index (χ1v) is 5.60. The van der Waals surface area contributed by atoms with Gasteiger partial charge in [0, 0.05) is 19.0 Å². The van der Waals surface area contributed by atoms with Crippen LogP contribution in [0.25, 0.3) is 0 Å². The van der Waals surface area contributed by atoms with Gasteiger partial charge in [0.1, 0.15) is 0 Å². The van der Waals surface area contributed by atoms with E-state index in [2.05, 4.69) is 11.8 Å². The maximum Gasteiger partial charge on any atom is 0.303 e. The Bertz CT molecular complexity index is 327. The van der Waals surface area contributed by atoms with Gasteiger partial charge in [-0.15, -0.1) is 0 Å². The molecule has 1 N–H and O–H groups in total. The van der Waals surface area contributed by atoms with Crippen molar-refractivity contribution in [2.75, 3.05) is 6.54 Å². The highest BCUT2D eigenvalue weighted by Crippen LogP contribution is 2.20. The van der Waals surface area contributed by atoms with Gasteiger partial charge in [0.05, 0.1) is 0 Å². The number of carboxylic acid groups (broad SMARTS) is 1. The zero-order chi connectivity index (χ0) is 12.0. The number of nitrogens with zero attached hydrogens (tertiary/aromatic N) is 1. The molecule has 1 atom stereocenters. The SMILES string of the molecule is CC#CC(=O)N1CCCCC1CCC(=O)O. The summed E-state index contributed by atoms with van der Waals surface area (Å²) in [6.07, 6.45) is 3.60. The molecular formula is C12H17NO3. The quantitative estimate of drug-likeness (QED) is 0.733. The molecule has 0 aromatic heterocycles. The molecule has 1 rings (SSSR count). The van der Waals surface area contributed by atoms with Crippen LogP contribution in [0.5, 0.6) is 0 Å². The molecule has 1 amide bonds. The van der Waals surface area contributed by atoms with Gasteiger partial charge in [-0.05, 0) is 38.5 Å². The Labute approximate surface area is 95.6 Å². The Morgan fingerprint density at radius 1 is 1.44 bits per heavy atom. The lowest BCUT2D eigenvalue weighted by Crippen LogP contribution is -2.43. The van der Waals surface area contributed by atoms with E-state index in [4.69, 9.17) is 5.11 Å². The number of carbonyl (C=O) groups is 2. The van der Waals surface area contributed by atoms with Gasteiger partial charge in [-0.3, -0.25) is 9.59 Å². The third-order valence-electron chi connectivity index (χ3n) is 2.81. The largest absolute Gasteiger partial charge is 0.481 e. The van der Waals surface area contributed by atoms with Crippen LogP contribution in [0, 0.1) is 11.8 Å². The molecule has 1 heterocycles. The Hall–Kier alpha value is -1.50. The minimum Gasteiger partial charge on any atom is -0.481 e. The van der Waals surface area contributed by atoms with E-state index in [-0.39, 0.29) is 18.4 Å². The van der Waals surface area contributed by atoms with E-state index in [1.54, 1.807) is 11.8 Å². The van der Waals surface area contributed by atoms with Crippen molar-refractivity contribution < 1.29 is 14.7 Å². The smallest absolute Gasteiger partial charge is 0.303 e. The van der Waals surface area contributed by atoms with Gasteiger partial charge in [0.2, 0.25) is 0 Å². The number of carbonyl (C=O) groups excluding carboxylic acids is 1. The predicted molar refractivity (Wildman–Crippen MR) is 59.7 cm³/mol. The van der Waals surface area contributed by atoms with E-state index in [1.165, 1.54) is 0 Å². The van der Waals surface area contributed by atoms with Crippen molar-refractivity contribution in [3.8, 4) is 11.8 Å². The third kappa shape index (κ3) is 3.58. The molecule has 0 bridgehead atoms. The molecule has 0 spiro atoms. The van der Waals surface area contributed by atoms with Crippen molar-refractivity contribution in [2.45, 2.75) is 45.1 Å². The Morgan fingerprint density at radius 3 is 2.81 bits per heavy atom. The second-order valence-electron chi connectivity index (χ2n) is 3.96. The standard InChI is InChI=1S/C12H17NO3/c1-2-5-11(14)13-9-4-3-6-10(13)7-8-12(15)16/h10H,3-4,6-9H2,1H3,(H,15,16). The highest BCUT2D eigenvalue weighted by molar-refractivity contribution is 5.93. The third-order valence-corrected chi connectivity index (χ3v) is 2.81. The maximum absolute atomic E-state index is 11.7. The first kappa shape index (κ1) is 12.6. The predicted octanol–water partition coefficient (Wildman–Crippen LogP) is 1.26. The summed E-state index contributed by atoms with van der Waals surface area (Å²) in [7, 11) is 0. The van der Waals surface area contributed by atoms with Gasteiger partial charge in [0.15, 0.2) is 0 Å². The van der Waals surface area contributed by atoms with E-state index >= 15 is 0 Å². The lowest BCUT2D eigenvalue weighted by molar-refractivity contribution is -0.138. The number of likely N-dealkylation sites (tertiary alicyclic amines) is 1. The summed E-state index contributed by atoms with van der Waals surface area (Å²) in [5.41, 5.74) is 0. The number of aliphatic carboxylic acids is 1. The summed E-state index contributed by atoms with van der Waals surface area (Å²) >= 11 is 0. The van der Waals surface area contributed by atoms with Crippen LogP contribution in [0.2, 0.25) is 0 Å². The first-order chi connectivity index (χ1) is 7.65. The zero-order valence-electron chi connectivity index (χ0n) is 9.53. The zero-order valence-corrected chi connectivity index (χ0v) is 9.53. The topological polar surface area (TPSA) is 57.6 Å². The molecule has 0 aromatic rings. The van der Waals surface area contributed by atoms with Crippen LogP contribution in [-0.4, -0.2) is 34.5 Å². The Kier molecular flexibility index (Phi) is 4.84. The molecule has 16 heavy (non-hydrogen) atoms. The van der Waals surface area contributed by atoms with Crippen LogP contribution in [-0.2, 0) is 9.59 Å². The van der Waals surface area contributed by atoms with Gasteiger partial charge in [0.25, 0.3) is 5.91 Å². The molecule has 0 saturated carbocycles. The molecule has 1 aliphatic rings. The van der Waals surface area contributed by atoms with Crippen LogP contribution < -0.4 is 0 Å². The number of carboxylic acids is 1. The summed E-state index contributed by atoms with van der Waals surface area (Å²) in [6, 6.07) is 0.0539. The van der Waals surface area contributed by atoms with Crippen molar-refractivity contribution in [3.05, 3.63) is 0 Å². The van der Waals surface area contributed by atoms with Crippen molar-refractivity contribution in [2.24, 2.45) is 0 Å². The molecule has 1 unspecified atom stereocenters. The van der Waals surface area contributed by atoms with E-state index in [9.17, 15) is 9.59 Å². The number of hydrogen-bond acceptors (Lipinski definition) is 2. The first-order valence-electron chi connectivity index (χ1n) is 5.60.